The van der Waals surface area contributed by atoms with Gasteiger partial charge in [0.2, 0.25) is 5.91 Å². The van der Waals surface area contributed by atoms with E-state index >= 15 is 0 Å². The van der Waals surface area contributed by atoms with E-state index in [1.165, 1.54) is 0 Å². The van der Waals surface area contributed by atoms with E-state index in [9.17, 15) is 4.79 Å². The van der Waals surface area contributed by atoms with Gasteiger partial charge in [0, 0.05) is 37.6 Å². The number of nitrogens with one attached hydrogen (secondary N) is 1. The lowest BCUT2D eigenvalue weighted by molar-refractivity contribution is -0.128. The molecule has 2 aromatic heterocycles. The Bertz CT molecular complexity index is 698. The molecule has 24 heavy (non-hydrogen) atoms. The maximum absolute atomic E-state index is 12.7. The van der Waals surface area contributed by atoms with Crippen LogP contribution in [0.25, 0.3) is 0 Å². The van der Waals surface area contributed by atoms with Crippen molar-refractivity contribution in [3.05, 3.63) is 37.2 Å². The van der Waals surface area contributed by atoms with E-state index in [4.69, 9.17) is 4.74 Å². The van der Waals surface area contributed by atoms with Crippen LogP contribution in [0.1, 0.15) is 0 Å². The van der Waals surface area contributed by atoms with E-state index in [1.54, 1.807) is 31.1 Å². The normalized spacial score (nSPS) is 26.0. The first kappa shape index (κ1) is 14.9. The molecule has 2 aromatic rings. The molecule has 0 aliphatic carbocycles. The van der Waals surface area contributed by atoms with Crippen molar-refractivity contribution >= 4 is 17.5 Å². The molecule has 8 nitrogen and oxygen atoms in total. The van der Waals surface area contributed by atoms with Crippen LogP contribution in [0.2, 0.25) is 0 Å². The highest BCUT2D eigenvalue weighted by molar-refractivity contribution is 5.92. The molecule has 3 atom stereocenters. The molecule has 0 saturated carbocycles. The highest BCUT2D eigenvalue weighted by Crippen LogP contribution is 2.36. The lowest BCUT2D eigenvalue weighted by Crippen LogP contribution is -2.42. The Morgan fingerprint density at radius 1 is 1.17 bits per heavy atom. The molecule has 0 radical (unpaired) electrons. The second-order valence-electron chi connectivity index (χ2n) is 6.12. The van der Waals surface area contributed by atoms with Crippen LogP contribution in [0.15, 0.2) is 37.2 Å². The number of hydrogen-bond acceptors (Lipinski definition) is 7. The van der Waals surface area contributed by atoms with Crippen molar-refractivity contribution in [2.45, 2.75) is 0 Å². The topological polar surface area (TPSA) is 93.1 Å². The van der Waals surface area contributed by atoms with Crippen LogP contribution in [-0.4, -0.2) is 52.1 Å². The summed E-state index contributed by atoms with van der Waals surface area (Å²) in [6.07, 6.45) is 7.96. The summed E-state index contributed by atoms with van der Waals surface area (Å²) in [6, 6.07) is 1.90. The standard InChI is InChI=1S/C16H18N6O2/c23-16(21-14-5-17-3-4-19-14)13-9-24-8-11-6-22(7-12(11)13)15-1-2-18-10-20-15/h1-5,10-13H,6-9H2,(H,19,21,23)/t11-,12-,13-/m1/s1. The van der Waals surface area contributed by atoms with Crippen molar-refractivity contribution in [3.8, 4) is 0 Å². The minimum absolute atomic E-state index is 0.0604. The zero-order chi connectivity index (χ0) is 16.4. The summed E-state index contributed by atoms with van der Waals surface area (Å²) < 4.78 is 5.68. The number of anilines is 2. The molecule has 0 spiro atoms. The van der Waals surface area contributed by atoms with Gasteiger partial charge in [0.05, 0.1) is 25.3 Å². The van der Waals surface area contributed by atoms with Crippen molar-refractivity contribution in [1.29, 1.82) is 0 Å². The maximum atomic E-state index is 12.7. The zero-order valence-corrected chi connectivity index (χ0v) is 13.1. The van der Waals surface area contributed by atoms with E-state index in [2.05, 4.69) is 30.2 Å². The first-order valence-electron chi connectivity index (χ1n) is 7.97. The number of amides is 1. The molecular weight excluding hydrogens is 308 g/mol. The number of aromatic nitrogens is 4. The molecule has 2 aliphatic rings. The van der Waals surface area contributed by atoms with Gasteiger partial charge < -0.3 is 15.0 Å². The Morgan fingerprint density at radius 2 is 2.12 bits per heavy atom. The van der Waals surface area contributed by atoms with Crippen LogP contribution in [0.4, 0.5) is 11.6 Å². The molecule has 1 amide bonds. The molecule has 4 heterocycles. The summed E-state index contributed by atoms with van der Waals surface area (Å²) in [7, 11) is 0. The van der Waals surface area contributed by atoms with Gasteiger partial charge in [0.25, 0.3) is 0 Å². The van der Waals surface area contributed by atoms with Crippen LogP contribution in [0.5, 0.6) is 0 Å². The minimum atomic E-state index is -0.197. The average molecular weight is 326 g/mol. The van der Waals surface area contributed by atoms with Crippen molar-refractivity contribution < 1.29 is 9.53 Å². The molecule has 2 saturated heterocycles. The average Bonchev–Trinajstić information content (AvgIpc) is 3.07. The monoisotopic (exact) mass is 326 g/mol. The van der Waals surface area contributed by atoms with E-state index in [0.717, 1.165) is 18.9 Å². The third-order valence-electron chi connectivity index (χ3n) is 4.68. The zero-order valence-electron chi connectivity index (χ0n) is 13.1. The van der Waals surface area contributed by atoms with Crippen LogP contribution in [0.3, 0.4) is 0 Å². The molecule has 0 bridgehead atoms. The van der Waals surface area contributed by atoms with Crippen molar-refractivity contribution in [2.24, 2.45) is 17.8 Å². The van der Waals surface area contributed by atoms with Gasteiger partial charge in [0.1, 0.15) is 12.1 Å². The van der Waals surface area contributed by atoms with Crippen molar-refractivity contribution in [1.82, 2.24) is 19.9 Å². The van der Waals surface area contributed by atoms with Gasteiger partial charge >= 0.3 is 0 Å². The Balaban J connectivity index is 1.48. The predicted octanol–water partition coefficient (Wildman–Crippen LogP) is 0.604. The number of fused-ring (bicyclic) bond motifs is 1. The molecule has 4 rings (SSSR count). The van der Waals surface area contributed by atoms with Crippen molar-refractivity contribution in [3.63, 3.8) is 0 Å². The van der Waals surface area contributed by atoms with Gasteiger partial charge in [-0.25, -0.2) is 15.0 Å². The molecule has 8 heteroatoms. The largest absolute Gasteiger partial charge is 0.380 e. The van der Waals surface area contributed by atoms with Crippen LogP contribution in [0, 0.1) is 17.8 Å². The lowest BCUT2D eigenvalue weighted by Gasteiger charge is -2.31. The van der Waals surface area contributed by atoms with Gasteiger partial charge in [-0.1, -0.05) is 0 Å². The molecular formula is C16H18N6O2. The maximum Gasteiger partial charge on any atom is 0.231 e. The summed E-state index contributed by atoms with van der Waals surface area (Å²) in [4.78, 5) is 31.2. The first-order chi connectivity index (χ1) is 11.8. The van der Waals surface area contributed by atoms with Crippen LogP contribution >= 0.6 is 0 Å². The highest BCUT2D eigenvalue weighted by Gasteiger charge is 2.44. The smallest absolute Gasteiger partial charge is 0.231 e. The summed E-state index contributed by atoms with van der Waals surface area (Å²) in [5.41, 5.74) is 0. The molecule has 0 aromatic carbocycles. The number of carbonyl (C=O) groups is 1. The first-order valence-corrected chi connectivity index (χ1v) is 7.97. The lowest BCUT2D eigenvalue weighted by atomic mass is 9.82. The third kappa shape index (κ3) is 2.92. The van der Waals surface area contributed by atoms with Crippen LogP contribution in [-0.2, 0) is 9.53 Å². The molecule has 2 fully saturated rings. The molecule has 2 aliphatic heterocycles. The Labute approximate surface area is 139 Å². The fourth-order valence-corrected chi connectivity index (χ4v) is 3.51. The number of hydrogen-bond donors (Lipinski definition) is 1. The highest BCUT2D eigenvalue weighted by atomic mass is 16.5. The number of carbonyl (C=O) groups excluding carboxylic acids is 1. The summed E-state index contributed by atoms with van der Waals surface area (Å²) >= 11 is 0. The summed E-state index contributed by atoms with van der Waals surface area (Å²) in [5, 5.41) is 2.84. The Morgan fingerprint density at radius 3 is 2.92 bits per heavy atom. The van der Waals surface area contributed by atoms with Crippen molar-refractivity contribution in [2.75, 3.05) is 36.5 Å². The van der Waals surface area contributed by atoms with E-state index in [-0.39, 0.29) is 17.7 Å². The summed E-state index contributed by atoms with van der Waals surface area (Å²) in [6.45, 7) is 2.76. The molecule has 0 unspecified atom stereocenters. The van der Waals surface area contributed by atoms with Gasteiger partial charge in [0.15, 0.2) is 5.82 Å². The Kier molecular flexibility index (Phi) is 4.04. The fraction of sp³-hybridized carbons (Fsp3) is 0.438. The van der Waals surface area contributed by atoms with Gasteiger partial charge in [-0.15, -0.1) is 0 Å². The summed E-state index contributed by atoms with van der Waals surface area (Å²) in [5.74, 6) is 1.67. The van der Waals surface area contributed by atoms with E-state index in [1.807, 2.05) is 6.07 Å². The van der Waals surface area contributed by atoms with E-state index in [0.29, 0.717) is 24.9 Å². The second kappa shape index (κ2) is 6.48. The number of nitrogens with zero attached hydrogens (tertiary/aromatic N) is 5. The van der Waals surface area contributed by atoms with Gasteiger partial charge in [-0.3, -0.25) is 9.78 Å². The van der Waals surface area contributed by atoms with Crippen LogP contribution < -0.4 is 10.2 Å². The molecule has 124 valence electrons. The SMILES string of the molecule is O=C(Nc1cnccn1)[C@@H]1COC[C@H]2CN(c3ccncn3)C[C@H]21. The second-order valence-corrected chi connectivity index (χ2v) is 6.12. The predicted molar refractivity (Wildman–Crippen MR) is 86.2 cm³/mol. The van der Waals surface area contributed by atoms with Gasteiger partial charge in [-0.2, -0.15) is 0 Å². The quantitative estimate of drug-likeness (QED) is 0.883. The molecule has 1 N–H and O–H groups in total. The minimum Gasteiger partial charge on any atom is -0.380 e. The number of rotatable bonds is 3. The fourth-order valence-electron chi connectivity index (χ4n) is 3.51. The van der Waals surface area contributed by atoms with E-state index < -0.39 is 0 Å². The van der Waals surface area contributed by atoms with Gasteiger partial charge in [-0.05, 0) is 12.0 Å². The number of ether oxygens (including phenoxy) is 1. The Hall–Kier alpha value is -2.61. The third-order valence-corrected chi connectivity index (χ3v) is 4.68.